The van der Waals surface area contributed by atoms with E-state index in [1.54, 1.807) is 13.8 Å². The summed E-state index contributed by atoms with van der Waals surface area (Å²) in [7, 11) is 1.30. The summed E-state index contributed by atoms with van der Waals surface area (Å²) >= 11 is 0. The molecule has 1 heterocycles. The van der Waals surface area contributed by atoms with Crippen LogP contribution in [0.3, 0.4) is 0 Å². The second-order valence-corrected chi connectivity index (χ2v) is 5.67. The first-order valence-electron chi connectivity index (χ1n) is 6.90. The summed E-state index contributed by atoms with van der Waals surface area (Å²) in [6.45, 7) is 4.59. The zero-order valence-electron chi connectivity index (χ0n) is 12.1. The van der Waals surface area contributed by atoms with Gasteiger partial charge in [0.2, 0.25) is 0 Å². The van der Waals surface area contributed by atoms with Crippen molar-refractivity contribution in [3.63, 3.8) is 0 Å². The summed E-state index contributed by atoms with van der Waals surface area (Å²) in [5.74, 6) is -0.584. The highest BCUT2D eigenvalue weighted by molar-refractivity contribution is 6.03. The normalized spacial score (nSPS) is 20.5. The predicted octanol–water partition coefficient (Wildman–Crippen LogP) is 0.992. The first-order chi connectivity index (χ1) is 8.93. The van der Waals surface area contributed by atoms with Crippen LogP contribution in [0.1, 0.15) is 39.5 Å². The SMILES string of the molecule is COC(=O)C(C)(C)C(=O)CN1CCCC1CCCO. The molecular formula is C14H25NO4. The summed E-state index contributed by atoms with van der Waals surface area (Å²) in [6, 6.07) is 0.351. The highest BCUT2D eigenvalue weighted by Crippen LogP contribution is 2.25. The van der Waals surface area contributed by atoms with Crippen LogP contribution < -0.4 is 0 Å². The van der Waals surface area contributed by atoms with Gasteiger partial charge < -0.3 is 9.84 Å². The Morgan fingerprint density at radius 1 is 1.42 bits per heavy atom. The molecule has 0 aromatic carbocycles. The van der Waals surface area contributed by atoms with Crippen LogP contribution in [0.15, 0.2) is 0 Å². The lowest BCUT2D eigenvalue weighted by Gasteiger charge is -2.27. The van der Waals surface area contributed by atoms with Gasteiger partial charge in [0.1, 0.15) is 5.41 Å². The molecule has 1 saturated heterocycles. The lowest BCUT2D eigenvalue weighted by atomic mass is 9.87. The third-order valence-corrected chi connectivity index (χ3v) is 3.93. The Balaban J connectivity index is 2.58. The van der Waals surface area contributed by atoms with Gasteiger partial charge in [0, 0.05) is 12.6 Å². The van der Waals surface area contributed by atoms with Crippen molar-refractivity contribution in [1.29, 1.82) is 0 Å². The van der Waals surface area contributed by atoms with Crippen molar-refractivity contribution in [3.05, 3.63) is 0 Å². The Labute approximate surface area is 114 Å². The van der Waals surface area contributed by atoms with E-state index in [1.165, 1.54) is 7.11 Å². The highest BCUT2D eigenvalue weighted by atomic mass is 16.5. The molecule has 0 aromatic rings. The number of aliphatic hydroxyl groups excluding tert-OH is 1. The zero-order valence-corrected chi connectivity index (χ0v) is 12.1. The fourth-order valence-electron chi connectivity index (χ4n) is 2.51. The van der Waals surface area contributed by atoms with E-state index in [2.05, 4.69) is 9.64 Å². The third kappa shape index (κ3) is 4.01. The molecule has 1 unspecified atom stereocenters. The van der Waals surface area contributed by atoms with Gasteiger partial charge in [-0.25, -0.2) is 0 Å². The van der Waals surface area contributed by atoms with E-state index in [1.807, 2.05) is 0 Å². The molecule has 1 aliphatic heterocycles. The maximum absolute atomic E-state index is 12.2. The molecule has 0 radical (unpaired) electrons. The number of ether oxygens (including phenoxy) is 1. The first kappa shape index (κ1) is 16.1. The van der Waals surface area contributed by atoms with Crippen molar-refractivity contribution in [2.75, 3.05) is 26.8 Å². The first-order valence-corrected chi connectivity index (χ1v) is 6.90. The standard InChI is InChI=1S/C14H25NO4/c1-14(2,13(18)19-3)12(17)10-15-8-4-6-11(15)7-5-9-16/h11,16H,4-10H2,1-3H3. The van der Waals surface area contributed by atoms with Crippen LogP contribution in [0.4, 0.5) is 0 Å². The minimum absolute atomic E-state index is 0.102. The van der Waals surface area contributed by atoms with Crippen LogP contribution in [-0.2, 0) is 14.3 Å². The molecule has 1 N–H and O–H groups in total. The molecule has 19 heavy (non-hydrogen) atoms. The number of hydrogen-bond acceptors (Lipinski definition) is 5. The van der Waals surface area contributed by atoms with Crippen LogP contribution in [0.25, 0.3) is 0 Å². The minimum Gasteiger partial charge on any atom is -0.468 e. The van der Waals surface area contributed by atoms with Gasteiger partial charge in [-0.15, -0.1) is 0 Å². The highest BCUT2D eigenvalue weighted by Gasteiger charge is 2.39. The van der Waals surface area contributed by atoms with E-state index in [4.69, 9.17) is 5.11 Å². The number of ketones is 1. The summed E-state index contributed by atoms with van der Waals surface area (Å²) in [4.78, 5) is 26.0. The van der Waals surface area contributed by atoms with Crippen molar-refractivity contribution in [3.8, 4) is 0 Å². The molecule has 0 saturated carbocycles. The Morgan fingerprint density at radius 2 is 2.11 bits per heavy atom. The van der Waals surface area contributed by atoms with Crippen LogP contribution in [0.5, 0.6) is 0 Å². The lowest BCUT2D eigenvalue weighted by Crippen LogP contribution is -2.43. The number of rotatable bonds is 7. The predicted molar refractivity (Wildman–Crippen MR) is 71.7 cm³/mol. The summed E-state index contributed by atoms with van der Waals surface area (Å²) < 4.78 is 4.68. The Kier molecular flexibility index (Phi) is 5.94. The van der Waals surface area contributed by atoms with E-state index >= 15 is 0 Å². The van der Waals surface area contributed by atoms with E-state index in [0.717, 1.165) is 32.2 Å². The molecular weight excluding hydrogens is 246 g/mol. The Morgan fingerprint density at radius 3 is 2.68 bits per heavy atom. The van der Waals surface area contributed by atoms with E-state index in [9.17, 15) is 9.59 Å². The summed E-state index contributed by atoms with van der Waals surface area (Å²) in [5.41, 5.74) is -1.08. The van der Waals surface area contributed by atoms with Gasteiger partial charge in [-0.1, -0.05) is 0 Å². The lowest BCUT2D eigenvalue weighted by molar-refractivity contribution is -0.156. The largest absolute Gasteiger partial charge is 0.468 e. The minimum atomic E-state index is -1.08. The van der Waals surface area contributed by atoms with Gasteiger partial charge >= 0.3 is 5.97 Å². The van der Waals surface area contributed by atoms with Gasteiger partial charge in [-0.05, 0) is 46.1 Å². The molecule has 5 heteroatoms. The number of carbonyl (C=O) groups excluding carboxylic acids is 2. The zero-order chi connectivity index (χ0) is 14.5. The van der Waals surface area contributed by atoms with Crippen LogP contribution in [-0.4, -0.2) is 54.6 Å². The van der Waals surface area contributed by atoms with E-state index in [-0.39, 0.29) is 18.9 Å². The van der Waals surface area contributed by atoms with Crippen molar-refractivity contribution in [1.82, 2.24) is 4.90 Å². The van der Waals surface area contributed by atoms with Crippen molar-refractivity contribution in [2.45, 2.75) is 45.6 Å². The monoisotopic (exact) mass is 271 g/mol. The summed E-state index contributed by atoms with van der Waals surface area (Å²) in [5, 5.41) is 8.88. The molecule has 0 aliphatic carbocycles. The van der Waals surface area contributed by atoms with Crippen LogP contribution >= 0.6 is 0 Å². The molecule has 1 fully saturated rings. The van der Waals surface area contributed by atoms with Crippen molar-refractivity contribution >= 4 is 11.8 Å². The molecule has 0 aromatic heterocycles. The smallest absolute Gasteiger partial charge is 0.318 e. The molecule has 0 spiro atoms. The maximum Gasteiger partial charge on any atom is 0.318 e. The second kappa shape index (κ2) is 7.01. The number of nitrogens with zero attached hydrogens (tertiary/aromatic N) is 1. The molecule has 5 nitrogen and oxygen atoms in total. The summed E-state index contributed by atoms with van der Waals surface area (Å²) in [6.07, 6.45) is 3.80. The van der Waals surface area contributed by atoms with Gasteiger partial charge in [0.15, 0.2) is 5.78 Å². The molecule has 110 valence electrons. The van der Waals surface area contributed by atoms with Gasteiger partial charge in [-0.2, -0.15) is 0 Å². The van der Waals surface area contributed by atoms with Gasteiger partial charge in [0.05, 0.1) is 13.7 Å². The Bertz CT molecular complexity index is 327. The number of hydrogen-bond donors (Lipinski definition) is 1. The quantitative estimate of drug-likeness (QED) is 0.552. The third-order valence-electron chi connectivity index (χ3n) is 3.93. The average Bonchev–Trinajstić information content (AvgIpc) is 2.82. The maximum atomic E-state index is 12.2. The van der Waals surface area contributed by atoms with E-state index in [0.29, 0.717) is 6.04 Å². The molecule has 1 atom stereocenters. The van der Waals surface area contributed by atoms with Crippen LogP contribution in [0.2, 0.25) is 0 Å². The molecule has 1 rings (SSSR count). The number of esters is 1. The van der Waals surface area contributed by atoms with Gasteiger partial charge in [0.25, 0.3) is 0 Å². The number of methoxy groups -OCH3 is 1. The number of carbonyl (C=O) groups is 2. The number of likely N-dealkylation sites (tertiary alicyclic amines) is 1. The van der Waals surface area contributed by atoms with Gasteiger partial charge in [-0.3, -0.25) is 14.5 Å². The molecule has 1 aliphatic rings. The van der Waals surface area contributed by atoms with E-state index < -0.39 is 11.4 Å². The topological polar surface area (TPSA) is 66.8 Å². The van der Waals surface area contributed by atoms with Crippen molar-refractivity contribution in [2.24, 2.45) is 5.41 Å². The molecule has 0 amide bonds. The van der Waals surface area contributed by atoms with Crippen LogP contribution in [0, 0.1) is 5.41 Å². The Hall–Kier alpha value is -0.940. The van der Waals surface area contributed by atoms with Crippen molar-refractivity contribution < 1.29 is 19.4 Å². The average molecular weight is 271 g/mol. The second-order valence-electron chi connectivity index (χ2n) is 5.67. The molecule has 0 bridgehead atoms. The fraction of sp³-hybridized carbons (Fsp3) is 0.857. The number of Topliss-reactive ketones (excluding diaryl/α,β-unsaturated/α-hetero) is 1. The fourth-order valence-corrected chi connectivity index (χ4v) is 2.51. The number of aliphatic hydroxyl groups is 1.